The number of carbonyl (C=O) groups is 2. The number of halogens is 2. The minimum Gasteiger partial charge on any atom is -0.490 e. The number of ether oxygens (including phenoxy) is 2. The standard InChI is InChI=1S/C26H25F2N3O4/c1-14-25(15(2)30(3)29-14)17-4-5-23(22(28)8-17)34-12-16-10-31(11-16)26(33)20-7-18-6-19(32)13-35-24(18)9-21(20)27/h4-5,7-9,16H,6,10-13H2,1-3H3. The zero-order chi connectivity index (χ0) is 24.9. The fourth-order valence-corrected chi connectivity index (χ4v) is 4.64. The molecule has 0 aliphatic carbocycles. The summed E-state index contributed by atoms with van der Waals surface area (Å²) in [5.74, 6) is -1.26. The number of carbonyl (C=O) groups excluding carboxylic acids is 2. The highest BCUT2D eigenvalue weighted by atomic mass is 19.1. The van der Waals surface area contributed by atoms with E-state index in [1.54, 1.807) is 16.8 Å². The lowest BCUT2D eigenvalue weighted by atomic mass is 9.97. The molecule has 1 amide bonds. The zero-order valence-corrected chi connectivity index (χ0v) is 19.7. The number of nitrogens with zero attached hydrogens (tertiary/aromatic N) is 3. The summed E-state index contributed by atoms with van der Waals surface area (Å²) in [6, 6.07) is 7.41. The molecule has 3 heterocycles. The van der Waals surface area contributed by atoms with E-state index >= 15 is 0 Å². The molecule has 2 aromatic carbocycles. The number of ketones is 1. The van der Waals surface area contributed by atoms with Gasteiger partial charge in [-0.1, -0.05) is 6.07 Å². The van der Waals surface area contributed by atoms with E-state index in [1.807, 2.05) is 20.9 Å². The number of hydrogen-bond donors (Lipinski definition) is 0. The average Bonchev–Trinajstić information content (AvgIpc) is 3.04. The molecule has 1 aromatic heterocycles. The summed E-state index contributed by atoms with van der Waals surface area (Å²) in [5, 5.41) is 4.38. The van der Waals surface area contributed by atoms with Crippen molar-refractivity contribution in [3.63, 3.8) is 0 Å². The normalized spacial score (nSPS) is 15.5. The van der Waals surface area contributed by atoms with Crippen LogP contribution in [0.3, 0.4) is 0 Å². The van der Waals surface area contributed by atoms with Crippen molar-refractivity contribution in [3.05, 3.63) is 64.5 Å². The number of amides is 1. The summed E-state index contributed by atoms with van der Waals surface area (Å²) >= 11 is 0. The molecular weight excluding hydrogens is 456 g/mol. The van der Waals surface area contributed by atoms with Crippen molar-refractivity contribution in [2.45, 2.75) is 20.3 Å². The van der Waals surface area contributed by atoms with Crippen molar-refractivity contribution in [3.8, 4) is 22.6 Å². The summed E-state index contributed by atoms with van der Waals surface area (Å²) in [5.41, 5.74) is 3.84. The maximum atomic E-state index is 14.7. The molecular formula is C26H25F2N3O4. The third-order valence-electron chi connectivity index (χ3n) is 6.61. The molecule has 0 atom stereocenters. The molecule has 5 rings (SSSR count). The van der Waals surface area contributed by atoms with E-state index in [0.717, 1.165) is 28.6 Å². The first-order valence-electron chi connectivity index (χ1n) is 11.4. The minimum absolute atomic E-state index is 0.00596. The molecule has 0 spiro atoms. The van der Waals surface area contributed by atoms with E-state index in [0.29, 0.717) is 24.4 Å². The smallest absolute Gasteiger partial charge is 0.256 e. The zero-order valence-electron chi connectivity index (χ0n) is 19.7. The quantitative estimate of drug-likeness (QED) is 0.557. The van der Waals surface area contributed by atoms with Gasteiger partial charge in [0.15, 0.2) is 17.3 Å². The Morgan fingerprint density at radius 1 is 1.17 bits per heavy atom. The Labute approximate surface area is 201 Å². The van der Waals surface area contributed by atoms with Gasteiger partial charge in [-0.2, -0.15) is 5.10 Å². The molecule has 7 nitrogen and oxygen atoms in total. The maximum Gasteiger partial charge on any atom is 0.256 e. The van der Waals surface area contributed by atoms with Crippen molar-refractivity contribution in [2.24, 2.45) is 13.0 Å². The first-order valence-corrected chi connectivity index (χ1v) is 11.4. The molecule has 35 heavy (non-hydrogen) atoms. The Hall–Kier alpha value is -3.75. The third kappa shape index (κ3) is 4.26. The summed E-state index contributed by atoms with van der Waals surface area (Å²) in [4.78, 5) is 25.9. The number of benzene rings is 2. The van der Waals surface area contributed by atoms with Crippen molar-refractivity contribution >= 4 is 11.7 Å². The lowest BCUT2D eigenvalue weighted by Gasteiger charge is -2.39. The molecule has 0 saturated carbocycles. The summed E-state index contributed by atoms with van der Waals surface area (Å²) in [6.45, 7) is 4.72. The Morgan fingerprint density at radius 3 is 2.63 bits per heavy atom. The SMILES string of the molecule is Cc1nn(C)c(C)c1-c1ccc(OCC2CN(C(=O)c3cc4c(cc3F)OCC(=O)C4)C2)c(F)c1. The molecule has 0 radical (unpaired) electrons. The van der Waals surface area contributed by atoms with Crippen LogP contribution < -0.4 is 9.47 Å². The Bertz CT molecular complexity index is 1340. The Balaban J connectivity index is 1.19. The predicted octanol–water partition coefficient (Wildman–Crippen LogP) is 3.64. The van der Waals surface area contributed by atoms with E-state index in [2.05, 4.69) is 5.10 Å². The van der Waals surface area contributed by atoms with Gasteiger partial charge < -0.3 is 14.4 Å². The van der Waals surface area contributed by atoms with Gasteiger partial charge in [0.05, 0.1) is 17.9 Å². The Morgan fingerprint density at radius 2 is 1.94 bits per heavy atom. The van der Waals surface area contributed by atoms with E-state index < -0.39 is 17.5 Å². The number of aryl methyl sites for hydroxylation is 2. The van der Waals surface area contributed by atoms with E-state index in [-0.39, 0.29) is 42.6 Å². The molecule has 2 aliphatic heterocycles. The van der Waals surface area contributed by atoms with Gasteiger partial charge in [0.25, 0.3) is 5.91 Å². The fraction of sp³-hybridized carbons (Fsp3) is 0.346. The number of Topliss-reactive ketones (excluding diaryl/α,β-unsaturated/α-hetero) is 1. The molecule has 3 aromatic rings. The molecule has 0 bridgehead atoms. The Kier molecular flexibility index (Phi) is 5.78. The number of hydrogen-bond acceptors (Lipinski definition) is 5. The summed E-state index contributed by atoms with van der Waals surface area (Å²) < 4.78 is 41.9. The van der Waals surface area contributed by atoms with Crippen molar-refractivity contribution < 1.29 is 27.8 Å². The molecule has 9 heteroatoms. The van der Waals surface area contributed by atoms with Crippen LogP contribution in [0.15, 0.2) is 30.3 Å². The maximum absolute atomic E-state index is 14.7. The lowest BCUT2D eigenvalue weighted by Crippen LogP contribution is -2.52. The van der Waals surface area contributed by atoms with Gasteiger partial charge in [0, 0.05) is 55.4 Å². The van der Waals surface area contributed by atoms with Gasteiger partial charge in [0.1, 0.15) is 18.2 Å². The number of aromatic nitrogens is 2. The van der Waals surface area contributed by atoms with Crippen LogP contribution in [0, 0.1) is 31.4 Å². The van der Waals surface area contributed by atoms with Gasteiger partial charge >= 0.3 is 0 Å². The van der Waals surface area contributed by atoms with E-state index in [4.69, 9.17) is 9.47 Å². The van der Waals surface area contributed by atoms with Crippen LogP contribution in [0.2, 0.25) is 0 Å². The average molecular weight is 481 g/mol. The van der Waals surface area contributed by atoms with Gasteiger partial charge in [-0.25, -0.2) is 8.78 Å². The van der Waals surface area contributed by atoms with Crippen LogP contribution in [-0.4, -0.2) is 52.7 Å². The highest BCUT2D eigenvalue weighted by Gasteiger charge is 2.34. The second-order valence-electron chi connectivity index (χ2n) is 9.15. The van der Waals surface area contributed by atoms with E-state index in [9.17, 15) is 18.4 Å². The van der Waals surface area contributed by atoms with Gasteiger partial charge in [-0.15, -0.1) is 0 Å². The highest BCUT2D eigenvalue weighted by Crippen LogP contribution is 2.32. The minimum atomic E-state index is -0.677. The summed E-state index contributed by atoms with van der Waals surface area (Å²) in [7, 11) is 1.85. The third-order valence-corrected chi connectivity index (χ3v) is 6.61. The van der Waals surface area contributed by atoms with E-state index in [1.165, 1.54) is 17.0 Å². The van der Waals surface area contributed by atoms with Crippen LogP contribution in [0.1, 0.15) is 27.3 Å². The van der Waals surface area contributed by atoms with Crippen LogP contribution in [-0.2, 0) is 18.3 Å². The van der Waals surface area contributed by atoms with Gasteiger partial charge in [-0.05, 0) is 37.6 Å². The first-order chi connectivity index (χ1) is 16.7. The fourth-order valence-electron chi connectivity index (χ4n) is 4.64. The van der Waals surface area contributed by atoms with Crippen LogP contribution in [0.25, 0.3) is 11.1 Å². The first kappa shape index (κ1) is 23.0. The largest absolute Gasteiger partial charge is 0.490 e. The van der Waals surface area contributed by atoms with Crippen LogP contribution in [0.4, 0.5) is 8.78 Å². The number of rotatable bonds is 5. The molecule has 1 saturated heterocycles. The number of fused-ring (bicyclic) bond motifs is 1. The van der Waals surface area contributed by atoms with Crippen molar-refractivity contribution in [1.82, 2.24) is 14.7 Å². The van der Waals surface area contributed by atoms with Crippen molar-refractivity contribution in [1.29, 1.82) is 0 Å². The lowest BCUT2D eigenvalue weighted by molar-refractivity contribution is -0.121. The van der Waals surface area contributed by atoms with Gasteiger partial charge in [-0.3, -0.25) is 14.3 Å². The van der Waals surface area contributed by atoms with Crippen molar-refractivity contribution in [2.75, 3.05) is 26.3 Å². The molecule has 0 unspecified atom stereocenters. The number of likely N-dealkylation sites (tertiary alicyclic amines) is 1. The second kappa shape index (κ2) is 8.79. The van der Waals surface area contributed by atoms with Crippen LogP contribution >= 0.6 is 0 Å². The summed E-state index contributed by atoms with van der Waals surface area (Å²) in [6.07, 6.45) is 0.122. The predicted molar refractivity (Wildman–Crippen MR) is 124 cm³/mol. The highest BCUT2D eigenvalue weighted by molar-refractivity contribution is 5.96. The van der Waals surface area contributed by atoms with Crippen LogP contribution in [0.5, 0.6) is 11.5 Å². The molecule has 0 N–H and O–H groups in total. The monoisotopic (exact) mass is 481 g/mol. The van der Waals surface area contributed by atoms with Gasteiger partial charge in [0.2, 0.25) is 0 Å². The molecule has 1 fully saturated rings. The molecule has 182 valence electrons. The topological polar surface area (TPSA) is 73.7 Å². The molecule has 2 aliphatic rings. The second-order valence-corrected chi connectivity index (χ2v) is 9.15.